The second-order valence-electron chi connectivity index (χ2n) is 4.66. The van der Waals surface area contributed by atoms with Crippen LogP contribution in [0, 0.1) is 5.92 Å². The fourth-order valence-corrected chi connectivity index (χ4v) is 2.12. The minimum atomic E-state index is 0.803. The van der Waals surface area contributed by atoms with E-state index in [4.69, 9.17) is 4.74 Å². The Morgan fingerprint density at radius 2 is 2.25 bits per heavy atom. The zero-order chi connectivity index (χ0) is 11.6. The first-order valence-corrected chi connectivity index (χ1v) is 6.36. The Morgan fingerprint density at radius 1 is 1.38 bits per heavy atom. The molecule has 0 heterocycles. The van der Waals surface area contributed by atoms with Gasteiger partial charge in [-0.1, -0.05) is 12.2 Å². The van der Waals surface area contributed by atoms with Crippen molar-refractivity contribution in [1.29, 1.82) is 0 Å². The molecule has 94 valence electrons. The van der Waals surface area contributed by atoms with E-state index < -0.39 is 0 Å². The molecule has 1 atom stereocenters. The number of rotatable bonds is 8. The Morgan fingerprint density at radius 3 is 2.94 bits per heavy atom. The highest BCUT2D eigenvalue weighted by molar-refractivity contribution is 4.90. The molecule has 0 amide bonds. The van der Waals surface area contributed by atoms with Gasteiger partial charge in [-0.3, -0.25) is 0 Å². The summed E-state index contributed by atoms with van der Waals surface area (Å²) in [6.45, 7) is 5.18. The van der Waals surface area contributed by atoms with Gasteiger partial charge in [-0.2, -0.15) is 0 Å². The number of allylic oxidation sites excluding steroid dienone is 2. The van der Waals surface area contributed by atoms with Gasteiger partial charge in [-0.15, -0.1) is 0 Å². The van der Waals surface area contributed by atoms with Crippen molar-refractivity contribution in [3.8, 4) is 0 Å². The summed E-state index contributed by atoms with van der Waals surface area (Å²) in [6.07, 6.45) is 8.53. The zero-order valence-corrected chi connectivity index (χ0v) is 10.7. The normalized spacial score (nSPS) is 20.6. The highest BCUT2D eigenvalue weighted by Gasteiger charge is 2.11. The largest absolute Gasteiger partial charge is 0.383 e. The molecule has 0 aliphatic heterocycles. The molecule has 0 aromatic carbocycles. The van der Waals surface area contributed by atoms with Gasteiger partial charge in [0.05, 0.1) is 6.61 Å². The molecule has 1 unspecified atom stereocenters. The number of likely N-dealkylation sites (N-methyl/N-ethyl adjacent to an activating group) is 1. The molecule has 0 bridgehead atoms. The lowest BCUT2D eigenvalue weighted by atomic mass is 9.94. The van der Waals surface area contributed by atoms with Crippen molar-refractivity contribution >= 4 is 0 Å². The number of hydrogen-bond donors (Lipinski definition) is 1. The van der Waals surface area contributed by atoms with Crippen molar-refractivity contribution in [2.24, 2.45) is 5.92 Å². The average Bonchev–Trinajstić information content (AvgIpc) is 2.30. The van der Waals surface area contributed by atoms with Gasteiger partial charge in [0, 0.05) is 33.3 Å². The molecule has 3 heteroatoms. The quantitative estimate of drug-likeness (QED) is 0.501. The predicted octanol–water partition coefficient (Wildman–Crippen LogP) is 1.51. The van der Waals surface area contributed by atoms with Crippen molar-refractivity contribution in [2.45, 2.75) is 19.3 Å². The van der Waals surface area contributed by atoms with E-state index >= 15 is 0 Å². The third kappa shape index (κ3) is 6.26. The fourth-order valence-electron chi connectivity index (χ4n) is 2.12. The number of nitrogens with one attached hydrogen (secondary N) is 1. The number of methoxy groups -OCH3 is 1. The Balaban J connectivity index is 1.97. The molecule has 0 saturated carbocycles. The van der Waals surface area contributed by atoms with Crippen LogP contribution >= 0.6 is 0 Å². The monoisotopic (exact) mass is 226 g/mol. The van der Waals surface area contributed by atoms with Gasteiger partial charge in [-0.05, 0) is 32.2 Å². The number of ether oxygens (including phenoxy) is 1. The molecule has 0 aromatic rings. The molecule has 0 saturated heterocycles. The number of nitrogens with zero attached hydrogens (tertiary/aromatic N) is 1. The third-order valence-corrected chi connectivity index (χ3v) is 3.10. The Labute approximate surface area is 99.8 Å². The molecular weight excluding hydrogens is 200 g/mol. The Bertz CT molecular complexity index is 194. The molecule has 1 aliphatic carbocycles. The van der Waals surface area contributed by atoms with E-state index in [2.05, 4.69) is 29.4 Å². The maximum atomic E-state index is 4.99. The van der Waals surface area contributed by atoms with E-state index in [-0.39, 0.29) is 0 Å². The van der Waals surface area contributed by atoms with Gasteiger partial charge in [0.2, 0.25) is 0 Å². The lowest BCUT2D eigenvalue weighted by Crippen LogP contribution is -2.34. The first-order chi connectivity index (χ1) is 7.83. The van der Waals surface area contributed by atoms with Gasteiger partial charge in [0.25, 0.3) is 0 Å². The molecule has 1 N–H and O–H groups in total. The van der Waals surface area contributed by atoms with Crippen LogP contribution in [-0.2, 0) is 4.74 Å². The Kier molecular flexibility index (Phi) is 7.47. The van der Waals surface area contributed by atoms with Gasteiger partial charge < -0.3 is 15.0 Å². The van der Waals surface area contributed by atoms with E-state index in [1.54, 1.807) is 7.11 Å². The molecule has 0 fully saturated rings. The van der Waals surface area contributed by atoms with Crippen molar-refractivity contribution in [3.05, 3.63) is 12.2 Å². The van der Waals surface area contributed by atoms with Crippen LogP contribution in [0.3, 0.4) is 0 Å². The molecule has 1 rings (SSSR count). The molecule has 3 nitrogen and oxygen atoms in total. The van der Waals surface area contributed by atoms with E-state index in [9.17, 15) is 0 Å². The van der Waals surface area contributed by atoms with Crippen LogP contribution < -0.4 is 5.32 Å². The van der Waals surface area contributed by atoms with Crippen LogP contribution in [-0.4, -0.2) is 51.8 Å². The predicted molar refractivity (Wildman–Crippen MR) is 68.7 cm³/mol. The molecular formula is C13H26N2O. The topological polar surface area (TPSA) is 24.5 Å². The maximum Gasteiger partial charge on any atom is 0.0587 e. The summed E-state index contributed by atoms with van der Waals surface area (Å²) in [5, 5.41) is 3.37. The summed E-state index contributed by atoms with van der Waals surface area (Å²) >= 11 is 0. The van der Waals surface area contributed by atoms with Crippen LogP contribution in [0.1, 0.15) is 19.3 Å². The molecule has 0 aromatic heterocycles. The van der Waals surface area contributed by atoms with Crippen molar-refractivity contribution in [2.75, 3.05) is 46.9 Å². The fraction of sp³-hybridized carbons (Fsp3) is 0.846. The molecule has 0 radical (unpaired) electrons. The molecule has 1 aliphatic rings. The van der Waals surface area contributed by atoms with Crippen LogP contribution in [0.15, 0.2) is 12.2 Å². The van der Waals surface area contributed by atoms with Gasteiger partial charge in [0.15, 0.2) is 0 Å². The lowest BCUT2D eigenvalue weighted by Gasteiger charge is -2.24. The second-order valence-corrected chi connectivity index (χ2v) is 4.66. The van der Waals surface area contributed by atoms with Gasteiger partial charge in [-0.25, -0.2) is 0 Å². The molecule has 16 heavy (non-hydrogen) atoms. The lowest BCUT2D eigenvalue weighted by molar-refractivity contribution is 0.196. The zero-order valence-electron chi connectivity index (χ0n) is 10.7. The highest BCUT2D eigenvalue weighted by atomic mass is 16.5. The maximum absolute atomic E-state index is 4.99. The number of hydrogen-bond acceptors (Lipinski definition) is 3. The molecule has 0 spiro atoms. The standard InChI is InChI=1S/C13H26N2O/c1-15(10-8-14-9-11-16-2)12-13-6-4-3-5-7-13/h3-4,13-14H,5-12H2,1-2H3. The minimum Gasteiger partial charge on any atom is -0.383 e. The summed E-state index contributed by atoms with van der Waals surface area (Å²) in [5.41, 5.74) is 0. The summed E-state index contributed by atoms with van der Waals surface area (Å²) in [7, 11) is 3.96. The first-order valence-electron chi connectivity index (χ1n) is 6.36. The highest BCUT2D eigenvalue weighted by Crippen LogP contribution is 2.18. The van der Waals surface area contributed by atoms with Crippen LogP contribution in [0.4, 0.5) is 0 Å². The van der Waals surface area contributed by atoms with E-state index in [0.29, 0.717) is 0 Å². The van der Waals surface area contributed by atoms with E-state index in [1.807, 2.05) is 0 Å². The van der Waals surface area contributed by atoms with Crippen molar-refractivity contribution in [1.82, 2.24) is 10.2 Å². The van der Waals surface area contributed by atoms with Crippen LogP contribution in [0.5, 0.6) is 0 Å². The minimum absolute atomic E-state index is 0.803. The Hall–Kier alpha value is -0.380. The second kappa shape index (κ2) is 8.74. The summed E-state index contributed by atoms with van der Waals surface area (Å²) in [6, 6.07) is 0. The summed E-state index contributed by atoms with van der Waals surface area (Å²) in [4.78, 5) is 2.43. The smallest absolute Gasteiger partial charge is 0.0587 e. The van der Waals surface area contributed by atoms with E-state index in [1.165, 1.54) is 25.8 Å². The summed E-state index contributed by atoms with van der Waals surface area (Å²) < 4.78 is 4.99. The SMILES string of the molecule is COCCNCCN(C)CC1CC=CCC1. The van der Waals surface area contributed by atoms with Crippen LogP contribution in [0.25, 0.3) is 0 Å². The average molecular weight is 226 g/mol. The van der Waals surface area contributed by atoms with Crippen molar-refractivity contribution < 1.29 is 4.74 Å². The van der Waals surface area contributed by atoms with Crippen molar-refractivity contribution in [3.63, 3.8) is 0 Å². The summed E-state index contributed by atoms with van der Waals surface area (Å²) in [5.74, 6) is 0.869. The first kappa shape index (κ1) is 13.7. The van der Waals surface area contributed by atoms with Crippen LogP contribution in [0.2, 0.25) is 0 Å². The van der Waals surface area contributed by atoms with E-state index in [0.717, 1.165) is 32.2 Å². The third-order valence-electron chi connectivity index (χ3n) is 3.10. The van der Waals surface area contributed by atoms with Gasteiger partial charge >= 0.3 is 0 Å². The van der Waals surface area contributed by atoms with Gasteiger partial charge in [0.1, 0.15) is 0 Å².